The molecule has 0 aliphatic carbocycles. The van der Waals surface area contributed by atoms with Crippen molar-refractivity contribution >= 4 is 24.0 Å². The summed E-state index contributed by atoms with van der Waals surface area (Å²) in [5.41, 5.74) is 0.0231. The van der Waals surface area contributed by atoms with Crippen LogP contribution in [0.2, 0.25) is 0 Å². The third-order valence-corrected chi connectivity index (χ3v) is 2.44. The van der Waals surface area contributed by atoms with E-state index in [2.05, 4.69) is 30.4 Å². The molecule has 3 N–H and O–H groups in total. The van der Waals surface area contributed by atoms with Crippen LogP contribution in [0.4, 0.5) is 0 Å². The second-order valence-electron chi connectivity index (χ2n) is 2.81. The summed E-state index contributed by atoms with van der Waals surface area (Å²) < 4.78 is 4.68. The van der Waals surface area contributed by atoms with Crippen molar-refractivity contribution in [1.82, 2.24) is 11.1 Å². The second kappa shape index (κ2) is 11.5. The van der Waals surface area contributed by atoms with Gasteiger partial charge in [-0.05, 0) is 26.6 Å². The Balaban J connectivity index is -0.000000155. The summed E-state index contributed by atoms with van der Waals surface area (Å²) in [4.78, 5) is 2.38. The van der Waals surface area contributed by atoms with Gasteiger partial charge in [-0.15, -0.1) is 12.4 Å². The van der Waals surface area contributed by atoms with Crippen LogP contribution >= 0.6 is 24.0 Å². The number of epoxide rings is 1. The largest absolute Gasteiger partial charge is 0.353 e. The zero-order valence-electron chi connectivity index (χ0n) is 9.62. The standard InChI is InChI=1S/C6H15N.C3H5ClO.ClH.H3N/c1-4-7(5-2)6-3;1-2-3(4)5-2;;/h4-6H2,1-3H3;2-3H,1H3;1H;1H3. The van der Waals surface area contributed by atoms with Gasteiger partial charge in [0, 0.05) is 0 Å². The fourth-order valence-corrected chi connectivity index (χ4v) is 0.993. The van der Waals surface area contributed by atoms with E-state index in [9.17, 15) is 0 Å². The molecular weight excluding hydrogens is 223 g/mol. The number of alkyl halides is 1. The number of nitrogens with zero attached hydrogens (tertiary/aromatic N) is 1. The lowest BCUT2D eigenvalue weighted by Gasteiger charge is -2.13. The monoisotopic (exact) mass is 246 g/mol. The van der Waals surface area contributed by atoms with Crippen LogP contribution in [-0.2, 0) is 4.74 Å². The lowest BCUT2D eigenvalue weighted by atomic mass is 10.5. The molecule has 0 aromatic carbocycles. The van der Waals surface area contributed by atoms with Crippen LogP contribution in [0.1, 0.15) is 27.7 Å². The molecule has 0 aromatic rings. The van der Waals surface area contributed by atoms with Gasteiger partial charge in [0.25, 0.3) is 0 Å². The highest BCUT2D eigenvalue weighted by atomic mass is 35.5. The Kier molecular flexibility index (Phi) is 16.4. The zero-order chi connectivity index (χ0) is 9.56. The van der Waals surface area contributed by atoms with Crippen molar-refractivity contribution in [3.05, 3.63) is 0 Å². The molecule has 0 bridgehead atoms. The normalized spacial score (nSPS) is 22.7. The molecule has 2 unspecified atom stereocenters. The van der Waals surface area contributed by atoms with Gasteiger partial charge in [-0.1, -0.05) is 32.4 Å². The summed E-state index contributed by atoms with van der Waals surface area (Å²) in [5, 5.41) is 0. The molecule has 1 fully saturated rings. The summed E-state index contributed by atoms with van der Waals surface area (Å²) >= 11 is 5.31. The van der Waals surface area contributed by atoms with Gasteiger partial charge in [0.1, 0.15) is 0 Å². The smallest absolute Gasteiger partial charge is 0.157 e. The van der Waals surface area contributed by atoms with E-state index in [0.717, 1.165) is 0 Å². The van der Waals surface area contributed by atoms with Crippen LogP contribution in [0.15, 0.2) is 0 Å². The zero-order valence-corrected chi connectivity index (χ0v) is 11.2. The van der Waals surface area contributed by atoms with Crippen molar-refractivity contribution in [1.29, 1.82) is 0 Å². The van der Waals surface area contributed by atoms with Crippen LogP contribution < -0.4 is 6.15 Å². The minimum absolute atomic E-state index is 0. The van der Waals surface area contributed by atoms with Gasteiger partial charge < -0.3 is 15.8 Å². The highest BCUT2D eigenvalue weighted by molar-refractivity contribution is 6.21. The van der Waals surface area contributed by atoms with Crippen molar-refractivity contribution < 1.29 is 4.74 Å². The molecule has 5 heteroatoms. The summed E-state index contributed by atoms with van der Waals surface area (Å²) in [6.07, 6.45) is 0.316. The molecule has 3 nitrogen and oxygen atoms in total. The van der Waals surface area contributed by atoms with E-state index in [1.165, 1.54) is 19.6 Å². The Bertz CT molecular complexity index is 101. The van der Waals surface area contributed by atoms with Gasteiger partial charge >= 0.3 is 0 Å². The average molecular weight is 247 g/mol. The minimum Gasteiger partial charge on any atom is -0.353 e. The second-order valence-corrected chi connectivity index (χ2v) is 3.24. The maximum absolute atomic E-state index is 5.31. The molecule has 0 spiro atoms. The number of hydrogen-bond acceptors (Lipinski definition) is 3. The number of ether oxygens (including phenoxy) is 1. The van der Waals surface area contributed by atoms with E-state index in [0.29, 0.717) is 6.10 Å². The predicted molar refractivity (Wildman–Crippen MR) is 65.9 cm³/mol. The third-order valence-electron chi connectivity index (χ3n) is 1.98. The Morgan fingerprint density at radius 3 is 1.36 bits per heavy atom. The minimum atomic E-state index is 0. The van der Waals surface area contributed by atoms with E-state index in [1.54, 1.807) is 0 Å². The van der Waals surface area contributed by atoms with Crippen molar-refractivity contribution in [3.8, 4) is 0 Å². The molecule has 1 aliphatic heterocycles. The van der Waals surface area contributed by atoms with Gasteiger partial charge in [0.2, 0.25) is 0 Å². The highest BCUT2D eigenvalue weighted by Gasteiger charge is 2.30. The van der Waals surface area contributed by atoms with Gasteiger partial charge in [-0.3, -0.25) is 0 Å². The molecule has 2 atom stereocenters. The summed E-state index contributed by atoms with van der Waals surface area (Å²) in [6.45, 7) is 12.1. The van der Waals surface area contributed by atoms with Gasteiger partial charge in [0.15, 0.2) is 5.56 Å². The maximum Gasteiger partial charge on any atom is 0.157 e. The van der Waals surface area contributed by atoms with E-state index in [1.807, 2.05) is 6.92 Å². The summed E-state index contributed by atoms with van der Waals surface area (Å²) in [7, 11) is 0. The topological polar surface area (TPSA) is 50.8 Å². The van der Waals surface area contributed by atoms with Crippen molar-refractivity contribution in [2.75, 3.05) is 19.6 Å². The van der Waals surface area contributed by atoms with Crippen LogP contribution in [0, 0.1) is 0 Å². The fourth-order valence-electron chi connectivity index (χ4n) is 0.831. The molecule has 14 heavy (non-hydrogen) atoms. The first-order valence-electron chi connectivity index (χ1n) is 4.67. The Hall–Kier alpha value is 0.460. The molecule has 1 aliphatic rings. The first-order valence-corrected chi connectivity index (χ1v) is 5.11. The maximum atomic E-state index is 5.31. The average Bonchev–Trinajstić information content (AvgIpc) is 2.69. The van der Waals surface area contributed by atoms with Crippen molar-refractivity contribution in [3.63, 3.8) is 0 Å². The molecule has 90 valence electrons. The summed E-state index contributed by atoms with van der Waals surface area (Å²) in [6, 6.07) is 0. The van der Waals surface area contributed by atoms with E-state index < -0.39 is 0 Å². The highest BCUT2D eigenvalue weighted by Crippen LogP contribution is 2.23. The Labute approximate surface area is 99.1 Å². The van der Waals surface area contributed by atoms with E-state index in [-0.39, 0.29) is 24.1 Å². The molecule has 0 radical (unpaired) electrons. The van der Waals surface area contributed by atoms with E-state index >= 15 is 0 Å². The number of hydrogen-bond donors (Lipinski definition) is 1. The van der Waals surface area contributed by atoms with Gasteiger partial charge in [-0.2, -0.15) is 0 Å². The number of halogens is 2. The molecule has 0 amide bonds. The van der Waals surface area contributed by atoms with Crippen LogP contribution in [0.25, 0.3) is 0 Å². The van der Waals surface area contributed by atoms with Crippen LogP contribution in [0.3, 0.4) is 0 Å². The predicted octanol–water partition coefficient (Wildman–Crippen LogP) is 2.90. The number of rotatable bonds is 3. The quantitative estimate of drug-likeness (QED) is 0.616. The Morgan fingerprint density at radius 2 is 1.36 bits per heavy atom. The lowest BCUT2D eigenvalue weighted by Crippen LogP contribution is -2.21. The first-order chi connectivity index (χ1) is 5.65. The Morgan fingerprint density at radius 1 is 1.14 bits per heavy atom. The van der Waals surface area contributed by atoms with Crippen LogP contribution in [-0.4, -0.2) is 36.2 Å². The van der Waals surface area contributed by atoms with Gasteiger partial charge in [-0.25, -0.2) is 0 Å². The summed E-state index contributed by atoms with van der Waals surface area (Å²) in [5.74, 6) is 0. The van der Waals surface area contributed by atoms with Gasteiger partial charge in [0.05, 0.1) is 6.10 Å². The molecule has 1 rings (SSSR count). The van der Waals surface area contributed by atoms with E-state index in [4.69, 9.17) is 11.6 Å². The molecular formula is C9H24Cl2N2O. The van der Waals surface area contributed by atoms with Crippen molar-refractivity contribution in [2.24, 2.45) is 0 Å². The molecule has 1 heterocycles. The SMILES string of the molecule is CC1OC1Cl.CCN(CC)CC.Cl.N. The molecule has 1 saturated heterocycles. The third kappa shape index (κ3) is 10.5. The van der Waals surface area contributed by atoms with Crippen molar-refractivity contribution in [2.45, 2.75) is 39.4 Å². The first kappa shape index (κ1) is 19.9. The molecule has 0 aromatic heterocycles. The fraction of sp³-hybridized carbons (Fsp3) is 1.00. The lowest BCUT2D eigenvalue weighted by molar-refractivity contribution is 0.321. The van der Waals surface area contributed by atoms with Crippen LogP contribution in [0.5, 0.6) is 0 Å². The molecule has 0 saturated carbocycles.